The van der Waals surface area contributed by atoms with Crippen molar-refractivity contribution in [2.75, 3.05) is 6.79 Å². The summed E-state index contributed by atoms with van der Waals surface area (Å²) in [6, 6.07) is 12.8. The Labute approximate surface area is 125 Å². The Morgan fingerprint density at radius 2 is 1.90 bits per heavy atom. The number of pyridine rings is 1. The molecule has 0 aliphatic carbocycles. The summed E-state index contributed by atoms with van der Waals surface area (Å²) in [6.07, 6.45) is 1.70. The van der Waals surface area contributed by atoms with Gasteiger partial charge >= 0.3 is 0 Å². The predicted octanol–water partition coefficient (Wildman–Crippen LogP) is 4.41. The molecule has 0 amide bonds. The molecule has 21 heavy (non-hydrogen) atoms. The number of hydrogen-bond acceptors (Lipinski definition) is 4. The SMILES string of the molecule is Clc1ccc2c(Oc3ccc4c(c3)OCO4)ccnc2c1. The summed E-state index contributed by atoms with van der Waals surface area (Å²) in [5, 5.41) is 1.55. The fourth-order valence-corrected chi connectivity index (χ4v) is 2.42. The van der Waals surface area contributed by atoms with Crippen molar-refractivity contribution in [3.05, 3.63) is 53.7 Å². The van der Waals surface area contributed by atoms with Crippen LogP contribution in [0.1, 0.15) is 0 Å². The third-order valence-electron chi connectivity index (χ3n) is 3.24. The number of ether oxygens (including phenoxy) is 3. The van der Waals surface area contributed by atoms with Crippen LogP contribution in [0.15, 0.2) is 48.7 Å². The predicted molar refractivity (Wildman–Crippen MR) is 79.4 cm³/mol. The first-order chi connectivity index (χ1) is 10.3. The van der Waals surface area contributed by atoms with Crippen LogP contribution in [0.5, 0.6) is 23.0 Å². The maximum absolute atomic E-state index is 5.98. The zero-order valence-corrected chi connectivity index (χ0v) is 11.6. The van der Waals surface area contributed by atoms with E-state index in [1.54, 1.807) is 6.20 Å². The van der Waals surface area contributed by atoms with Gasteiger partial charge in [-0.1, -0.05) is 11.6 Å². The first-order valence-corrected chi connectivity index (χ1v) is 6.79. The van der Waals surface area contributed by atoms with Gasteiger partial charge in [0.25, 0.3) is 0 Å². The number of rotatable bonds is 2. The summed E-state index contributed by atoms with van der Waals surface area (Å²) >= 11 is 5.98. The van der Waals surface area contributed by atoms with Gasteiger partial charge in [0.1, 0.15) is 11.5 Å². The van der Waals surface area contributed by atoms with E-state index in [1.165, 1.54) is 0 Å². The summed E-state index contributed by atoms with van der Waals surface area (Å²) in [7, 11) is 0. The van der Waals surface area contributed by atoms with Crippen molar-refractivity contribution in [1.82, 2.24) is 4.98 Å². The molecule has 0 fully saturated rings. The van der Waals surface area contributed by atoms with Crippen LogP contribution in [0, 0.1) is 0 Å². The molecular weight excluding hydrogens is 290 g/mol. The molecule has 0 N–H and O–H groups in total. The highest BCUT2D eigenvalue weighted by molar-refractivity contribution is 6.31. The minimum Gasteiger partial charge on any atom is -0.456 e. The standard InChI is InChI=1S/C16H10ClNO3/c17-10-1-3-12-13(7-10)18-6-5-14(12)21-11-2-4-15-16(8-11)20-9-19-15/h1-8H,9H2. The van der Waals surface area contributed by atoms with Crippen molar-refractivity contribution in [3.63, 3.8) is 0 Å². The van der Waals surface area contributed by atoms with E-state index in [0.29, 0.717) is 16.5 Å². The third-order valence-corrected chi connectivity index (χ3v) is 3.47. The summed E-state index contributed by atoms with van der Waals surface area (Å²) in [5.41, 5.74) is 0.792. The van der Waals surface area contributed by atoms with Crippen molar-refractivity contribution in [3.8, 4) is 23.0 Å². The highest BCUT2D eigenvalue weighted by Gasteiger charge is 2.14. The van der Waals surface area contributed by atoms with Crippen molar-refractivity contribution >= 4 is 22.5 Å². The van der Waals surface area contributed by atoms with Crippen molar-refractivity contribution in [2.24, 2.45) is 0 Å². The Kier molecular flexibility index (Phi) is 2.82. The molecule has 0 spiro atoms. The summed E-state index contributed by atoms with van der Waals surface area (Å²) < 4.78 is 16.6. The van der Waals surface area contributed by atoms with Gasteiger partial charge in [-0.25, -0.2) is 0 Å². The maximum atomic E-state index is 5.98. The van der Waals surface area contributed by atoms with Crippen molar-refractivity contribution < 1.29 is 14.2 Å². The minimum absolute atomic E-state index is 0.246. The van der Waals surface area contributed by atoms with Crippen LogP contribution in [0.2, 0.25) is 5.02 Å². The van der Waals surface area contributed by atoms with Gasteiger partial charge in [-0.3, -0.25) is 4.98 Å². The average Bonchev–Trinajstić information content (AvgIpc) is 2.95. The molecule has 0 saturated carbocycles. The molecule has 1 aliphatic heterocycles. The zero-order valence-electron chi connectivity index (χ0n) is 10.9. The van der Waals surface area contributed by atoms with Crippen LogP contribution >= 0.6 is 11.6 Å². The van der Waals surface area contributed by atoms with E-state index >= 15 is 0 Å². The minimum atomic E-state index is 0.246. The monoisotopic (exact) mass is 299 g/mol. The Balaban J connectivity index is 1.74. The molecule has 2 aromatic carbocycles. The number of benzene rings is 2. The van der Waals surface area contributed by atoms with Gasteiger partial charge in [0, 0.05) is 22.7 Å². The molecule has 0 unspecified atom stereocenters. The molecule has 4 rings (SSSR count). The lowest BCUT2D eigenvalue weighted by atomic mass is 10.2. The maximum Gasteiger partial charge on any atom is 0.231 e. The van der Waals surface area contributed by atoms with Crippen LogP contribution < -0.4 is 14.2 Å². The molecule has 0 saturated heterocycles. The van der Waals surface area contributed by atoms with Crippen LogP contribution in [-0.2, 0) is 0 Å². The van der Waals surface area contributed by atoms with E-state index in [9.17, 15) is 0 Å². The number of fused-ring (bicyclic) bond motifs is 2. The number of hydrogen-bond donors (Lipinski definition) is 0. The highest BCUT2D eigenvalue weighted by atomic mass is 35.5. The topological polar surface area (TPSA) is 40.6 Å². The van der Waals surface area contributed by atoms with E-state index < -0.39 is 0 Å². The smallest absolute Gasteiger partial charge is 0.231 e. The summed E-state index contributed by atoms with van der Waals surface area (Å²) in [5.74, 6) is 2.82. The average molecular weight is 300 g/mol. The number of aromatic nitrogens is 1. The largest absolute Gasteiger partial charge is 0.456 e. The molecule has 0 radical (unpaired) electrons. The zero-order chi connectivity index (χ0) is 14.2. The second-order valence-electron chi connectivity index (χ2n) is 4.59. The Morgan fingerprint density at radius 3 is 2.86 bits per heavy atom. The van der Waals surface area contributed by atoms with E-state index in [1.807, 2.05) is 42.5 Å². The van der Waals surface area contributed by atoms with Gasteiger partial charge in [0.2, 0.25) is 6.79 Å². The lowest BCUT2D eigenvalue weighted by Gasteiger charge is -2.09. The van der Waals surface area contributed by atoms with Gasteiger partial charge in [-0.2, -0.15) is 0 Å². The fourth-order valence-electron chi connectivity index (χ4n) is 2.25. The molecule has 104 valence electrons. The van der Waals surface area contributed by atoms with Crippen LogP contribution in [-0.4, -0.2) is 11.8 Å². The molecule has 2 heterocycles. The third kappa shape index (κ3) is 2.23. The van der Waals surface area contributed by atoms with Crippen LogP contribution in [0.4, 0.5) is 0 Å². The van der Waals surface area contributed by atoms with E-state index in [0.717, 1.165) is 22.4 Å². The molecule has 1 aliphatic rings. The van der Waals surface area contributed by atoms with Gasteiger partial charge in [-0.15, -0.1) is 0 Å². The first kappa shape index (κ1) is 12.3. The quantitative estimate of drug-likeness (QED) is 0.703. The highest BCUT2D eigenvalue weighted by Crippen LogP contribution is 2.37. The molecule has 0 atom stereocenters. The van der Waals surface area contributed by atoms with Gasteiger partial charge in [-0.05, 0) is 36.4 Å². The lowest BCUT2D eigenvalue weighted by Crippen LogP contribution is -1.92. The summed E-state index contributed by atoms with van der Waals surface area (Å²) in [4.78, 5) is 4.29. The molecular formula is C16H10ClNO3. The van der Waals surface area contributed by atoms with Crippen LogP contribution in [0.25, 0.3) is 10.9 Å². The Bertz CT molecular complexity index is 835. The Hall–Kier alpha value is -2.46. The molecule has 1 aromatic heterocycles. The van der Waals surface area contributed by atoms with Crippen molar-refractivity contribution in [1.29, 1.82) is 0 Å². The van der Waals surface area contributed by atoms with Crippen LogP contribution in [0.3, 0.4) is 0 Å². The van der Waals surface area contributed by atoms with E-state index in [2.05, 4.69) is 4.98 Å². The lowest BCUT2D eigenvalue weighted by molar-refractivity contribution is 0.174. The first-order valence-electron chi connectivity index (χ1n) is 6.41. The molecule has 5 heteroatoms. The fraction of sp³-hybridized carbons (Fsp3) is 0.0625. The Morgan fingerprint density at radius 1 is 1.00 bits per heavy atom. The van der Waals surface area contributed by atoms with E-state index in [4.69, 9.17) is 25.8 Å². The summed E-state index contributed by atoms with van der Waals surface area (Å²) in [6.45, 7) is 0.246. The second-order valence-corrected chi connectivity index (χ2v) is 5.02. The number of nitrogens with zero attached hydrogens (tertiary/aromatic N) is 1. The van der Waals surface area contributed by atoms with Crippen molar-refractivity contribution in [2.45, 2.75) is 0 Å². The molecule has 4 nitrogen and oxygen atoms in total. The molecule has 0 bridgehead atoms. The van der Waals surface area contributed by atoms with E-state index in [-0.39, 0.29) is 6.79 Å². The van der Waals surface area contributed by atoms with Gasteiger partial charge in [0.05, 0.1) is 5.52 Å². The van der Waals surface area contributed by atoms with Gasteiger partial charge < -0.3 is 14.2 Å². The van der Waals surface area contributed by atoms with Gasteiger partial charge in [0.15, 0.2) is 11.5 Å². The molecule has 3 aromatic rings. The normalized spacial score (nSPS) is 12.6. The number of halogens is 1. The second kappa shape index (κ2) is 4.82.